The van der Waals surface area contributed by atoms with E-state index in [0.717, 1.165) is 6.42 Å². The molecule has 1 atom stereocenters. The van der Waals surface area contributed by atoms with Crippen LogP contribution in [0.1, 0.15) is 41.0 Å². The molecule has 2 nitrogen and oxygen atoms in total. The van der Waals surface area contributed by atoms with Gasteiger partial charge >= 0.3 is 0 Å². The molecule has 1 heterocycles. The molecule has 1 saturated heterocycles. The van der Waals surface area contributed by atoms with E-state index in [4.69, 9.17) is 0 Å². The Hall–Kier alpha value is -0.313. The Morgan fingerprint density at radius 1 is 1.33 bits per heavy atom. The van der Waals surface area contributed by atoms with Crippen LogP contribution < -0.4 is 0 Å². The van der Waals surface area contributed by atoms with E-state index in [1.54, 1.807) is 0 Å². The first-order valence-electron chi connectivity index (χ1n) is 5.91. The number of hydrogen-bond acceptors (Lipinski definition) is 1. The normalized spacial score (nSPS) is 23.3. The quantitative estimate of drug-likeness (QED) is 0.524. The fraction of sp³-hybridized carbons (Fsp3) is 0.917. The summed E-state index contributed by atoms with van der Waals surface area (Å²) in [6.07, 6.45) is 0.768. The average molecular weight is 227 g/mol. The third kappa shape index (κ3) is 1.99. The highest BCUT2D eigenvalue weighted by molar-refractivity contribution is 6.79. The lowest BCUT2D eigenvalue weighted by Crippen LogP contribution is -2.69. The van der Waals surface area contributed by atoms with Gasteiger partial charge in [0, 0.05) is 12.5 Å². The minimum Gasteiger partial charge on any atom is -0.366 e. The van der Waals surface area contributed by atoms with E-state index in [1.165, 1.54) is 0 Å². The smallest absolute Gasteiger partial charge is 0.216 e. The SMILES string of the molecule is CC(C)C1CC(=O)N1[Si](C)(C)C(C)(C)C. The van der Waals surface area contributed by atoms with Gasteiger partial charge in [-0.1, -0.05) is 47.7 Å². The van der Waals surface area contributed by atoms with Crippen molar-refractivity contribution in [2.45, 2.75) is 65.2 Å². The Bertz CT molecular complexity index is 265. The minimum atomic E-state index is -1.63. The van der Waals surface area contributed by atoms with Gasteiger partial charge in [0.15, 0.2) is 8.24 Å². The van der Waals surface area contributed by atoms with Gasteiger partial charge in [0.05, 0.1) is 0 Å². The summed E-state index contributed by atoms with van der Waals surface area (Å²) in [6, 6.07) is 0.499. The molecule has 0 bridgehead atoms. The zero-order chi connectivity index (χ0) is 12.0. The summed E-state index contributed by atoms with van der Waals surface area (Å²) in [5.41, 5.74) is 0. The molecule has 1 unspecified atom stereocenters. The highest BCUT2D eigenvalue weighted by atomic mass is 28.3. The Labute approximate surface area is 95.1 Å². The zero-order valence-electron chi connectivity index (χ0n) is 11.2. The van der Waals surface area contributed by atoms with Crippen LogP contribution in [0.4, 0.5) is 0 Å². The van der Waals surface area contributed by atoms with Crippen LogP contribution in [0.15, 0.2) is 0 Å². The van der Waals surface area contributed by atoms with Crippen LogP contribution in [0.2, 0.25) is 18.1 Å². The molecule has 0 aromatic rings. The fourth-order valence-electron chi connectivity index (χ4n) is 2.06. The highest BCUT2D eigenvalue weighted by Gasteiger charge is 2.52. The van der Waals surface area contributed by atoms with Crippen LogP contribution in [0.25, 0.3) is 0 Å². The van der Waals surface area contributed by atoms with Crippen LogP contribution in [-0.4, -0.2) is 24.7 Å². The van der Waals surface area contributed by atoms with Gasteiger partial charge in [-0.3, -0.25) is 4.79 Å². The molecule has 3 heteroatoms. The summed E-state index contributed by atoms with van der Waals surface area (Å²) in [7, 11) is -1.63. The minimum absolute atomic E-state index is 0.260. The number of carbonyl (C=O) groups excluding carboxylic acids is 1. The van der Waals surface area contributed by atoms with Crippen LogP contribution in [0.3, 0.4) is 0 Å². The molecule has 1 fully saturated rings. The maximum atomic E-state index is 11.8. The van der Waals surface area contributed by atoms with E-state index >= 15 is 0 Å². The molecule has 0 saturated carbocycles. The number of β-lactam (4-membered cyclic amide) rings is 1. The van der Waals surface area contributed by atoms with Crippen molar-refractivity contribution in [1.82, 2.24) is 4.57 Å². The lowest BCUT2D eigenvalue weighted by molar-refractivity contribution is -0.140. The molecule has 1 aliphatic heterocycles. The second-order valence-electron chi connectivity index (χ2n) is 6.59. The molecule has 1 rings (SSSR count). The predicted octanol–water partition coefficient (Wildman–Crippen LogP) is 3.25. The molecule has 1 aliphatic rings. The van der Waals surface area contributed by atoms with Crippen LogP contribution in [0.5, 0.6) is 0 Å². The van der Waals surface area contributed by atoms with Crippen molar-refractivity contribution in [1.29, 1.82) is 0 Å². The monoisotopic (exact) mass is 227 g/mol. The maximum Gasteiger partial charge on any atom is 0.216 e. The Balaban J connectivity index is 2.91. The first-order valence-corrected chi connectivity index (χ1v) is 8.86. The molecule has 0 spiro atoms. The molecular weight excluding hydrogens is 202 g/mol. The van der Waals surface area contributed by atoms with Gasteiger partial charge in [-0.05, 0) is 11.0 Å². The molecule has 15 heavy (non-hydrogen) atoms. The number of amides is 1. The maximum absolute atomic E-state index is 11.8. The van der Waals surface area contributed by atoms with Gasteiger partial charge in [-0.25, -0.2) is 0 Å². The molecular formula is C12H25NOSi. The highest BCUT2D eigenvalue weighted by Crippen LogP contribution is 2.44. The van der Waals surface area contributed by atoms with Crippen LogP contribution in [-0.2, 0) is 4.79 Å². The molecule has 0 radical (unpaired) electrons. The molecule has 88 valence electrons. The van der Waals surface area contributed by atoms with Gasteiger partial charge in [0.1, 0.15) is 0 Å². The van der Waals surface area contributed by atoms with Crippen molar-refractivity contribution in [3.63, 3.8) is 0 Å². The molecule has 0 N–H and O–H groups in total. The number of carbonyl (C=O) groups is 1. The second kappa shape index (κ2) is 3.61. The van der Waals surface area contributed by atoms with E-state index < -0.39 is 8.24 Å². The van der Waals surface area contributed by atoms with Gasteiger partial charge in [-0.15, -0.1) is 0 Å². The average Bonchev–Trinajstić information content (AvgIpc) is 1.95. The summed E-state index contributed by atoms with van der Waals surface area (Å²) in [6.45, 7) is 15.9. The van der Waals surface area contributed by atoms with Crippen molar-refractivity contribution in [2.24, 2.45) is 5.92 Å². The van der Waals surface area contributed by atoms with Gasteiger partial charge in [0.2, 0.25) is 5.91 Å². The number of nitrogens with zero attached hydrogens (tertiary/aromatic N) is 1. The Kier molecular flexibility index (Phi) is 3.07. The van der Waals surface area contributed by atoms with Crippen molar-refractivity contribution in [3.05, 3.63) is 0 Å². The molecule has 0 aliphatic carbocycles. The summed E-state index contributed by atoms with van der Waals surface area (Å²) in [5, 5.41) is 0.260. The van der Waals surface area contributed by atoms with Crippen molar-refractivity contribution < 1.29 is 4.79 Å². The van der Waals surface area contributed by atoms with Gasteiger partial charge in [-0.2, -0.15) is 0 Å². The van der Waals surface area contributed by atoms with E-state index in [0.29, 0.717) is 17.9 Å². The third-order valence-corrected chi connectivity index (χ3v) is 9.65. The summed E-state index contributed by atoms with van der Waals surface area (Å²) < 4.78 is 2.23. The van der Waals surface area contributed by atoms with Crippen molar-refractivity contribution in [3.8, 4) is 0 Å². The van der Waals surface area contributed by atoms with E-state index in [1.807, 2.05) is 0 Å². The first-order chi connectivity index (χ1) is 6.59. The topological polar surface area (TPSA) is 20.3 Å². The van der Waals surface area contributed by atoms with Gasteiger partial charge < -0.3 is 4.57 Å². The summed E-state index contributed by atoms with van der Waals surface area (Å²) >= 11 is 0. The molecule has 1 amide bonds. The molecule has 0 aromatic heterocycles. The summed E-state index contributed by atoms with van der Waals surface area (Å²) in [4.78, 5) is 11.8. The van der Waals surface area contributed by atoms with E-state index in [-0.39, 0.29) is 5.04 Å². The number of hydrogen-bond donors (Lipinski definition) is 0. The van der Waals surface area contributed by atoms with E-state index in [2.05, 4.69) is 52.3 Å². The zero-order valence-corrected chi connectivity index (χ0v) is 12.2. The number of rotatable bonds is 2. The van der Waals surface area contributed by atoms with Crippen molar-refractivity contribution >= 4 is 14.1 Å². The van der Waals surface area contributed by atoms with Crippen molar-refractivity contribution in [2.75, 3.05) is 0 Å². The largest absolute Gasteiger partial charge is 0.366 e. The van der Waals surface area contributed by atoms with E-state index in [9.17, 15) is 4.79 Å². The summed E-state index contributed by atoms with van der Waals surface area (Å²) in [5.74, 6) is 0.970. The van der Waals surface area contributed by atoms with Crippen LogP contribution in [0, 0.1) is 5.92 Å². The Morgan fingerprint density at radius 2 is 1.80 bits per heavy atom. The van der Waals surface area contributed by atoms with Crippen LogP contribution >= 0.6 is 0 Å². The molecule has 0 aromatic carbocycles. The Morgan fingerprint density at radius 3 is 2.07 bits per heavy atom. The standard InChI is InChI=1S/C12H25NOSi/c1-9(2)10-8-11(14)13(10)15(6,7)12(3,4)5/h9-10H,8H2,1-7H3. The predicted molar refractivity (Wildman–Crippen MR) is 67.3 cm³/mol. The second-order valence-corrected chi connectivity index (χ2v) is 11.7. The first kappa shape index (κ1) is 12.8. The lowest BCUT2D eigenvalue weighted by Gasteiger charge is -2.56. The lowest BCUT2D eigenvalue weighted by atomic mass is 9.94. The third-order valence-electron chi connectivity index (χ3n) is 4.19. The van der Waals surface area contributed by atoms with Gasteiger partial charge in [0.25, 0.3) is 0 Å². The fourth-order valence-corrected chi connectivity index (χ4v) is 4.72.